The first kappa shape index (κ1) is 13.1. The van der Waals surface area contributed by atoms with Crippen molar-refractivity contribution in [3.05, 3.63) is 17.3 Å². The minimum Gasteiger partial charge on any atom is -0.382 e. The van der Waals surface area contributed by atoms with Gasteiger partial charge in [0.25, 0.3) is 0 Å². The van der Waals surface area contributed by atoms with E-state index in [4.69, 9.17) is 17.3 Å². The number of halogens is 1. The molecule has 1 aromatic rings. The summed E-state index contributed by atoms with van der Waals surface area (Å²) in [4.78, 5) is 3.96. The van der Waals surface area contributed by atoms with Gasteiger partial charge in [-0.2, -0.15) is 4.31 Å². The van der Waals surface area contributed by atoms with Crippen LogP contribution in [0.15, 0.2) is 17.2 Å². The maximum absolute atomic E-state index is 12.5. The number of anilines is 1. The number of fused-ring (bicyclic) bond motifs is 1. The van der Waals surface area contributed by atoms with Crippen LogP contribution < -0.4 is 5.73 Å². The second-order valence-electron chi connectivity index (χ2n) is 5.31. The van der Waals surface area contributed by atoms with Crippen LogP contribution >= 0.6 is 11.6 Å². The lowest BCUT2D eigenvalue weighted by molar-refractivity contribution is 0.445. The number of nitrogens with two attached hydrogens (primary N) is 1. The molecule has 2 heterocycles. The van der Waals surface area contributed by atoms with Crippen molar-refractivity contribution in [1.82, 2.24) is 9.29 Å². The van der Waals surface area contributed by atoms with Crippen molar-refractivity contribution in [2.24, 2.45) is 11.8 Å². The molecule has 2 N–H and O–H groups in total. The smallest absolute Gasteiger partial charge is 0.244 e. The molecule has 1 saturated carbocycles. The second kappa shape index (κ2) is 4.61. The van der Waals surface area contributed by atoms with Crippen LogP contribution in [0.1, 0.15) is 19.3 Å². The van der Waals surface area contributed by atoms with Gasteiger partial charge in [0.2, 0.25) is 10.0 Å². The Morgan fingerprint density at radius 3 is 2.53 bits per heavy atom. The van der Waals surface area contributed by atoms with Crippen LogP contribution in [0, 0.1) is 11.8 Å². The van der Waals surface area contributed by atoms with E-state index < -0.39 is 10.0 Å². The van der Waals surface area contributed by atoms with Gasteiger partial charge in [-0.1, -0.05) is 18.0 Å². The molecule has 2 unspecified atom stereocenters. The molecule has 0 spiro atoms. The maximum atomic E-state index is 12.5. The van der Waals surface area contributed by atoms with E-state index >= 15 is 0 Å². The van der Waals surface area contributed by atoms with Gasteiger partial charge in [-0.3, -0.25) is 0 Å². The minimum absolute atomic E-state index is 0.131. The Morgan fingerprint density at radius 1 is 1.32 bits per heavy atom. The molecule has 0 bridgehead atoms. The number of aromatic nitrogens is 1. The van der Waals surface area contributed by atoms with E-state index in [-0.39, 0.29) is 15.7 Å². The first-order valence-corrected chi connectivity index (χ1v) is 8.21. The molecular weight excluding hydrogens is 286 g/mol. The molecule has 5 nitrogen and oxygen atoms in total. The predicted octanol–water partition coefficient (Wildman–Crippen LogP) is 1.74. The van der Waals surface area contributed by atoms with Gasteiger partial charge in [0, 0.05) is 19.3 Å². The fourth-order valence-electron chi connectivity index (χ4n) is 3.11. The van der Waals surface area contributed by atoms with Crippen LogP contribution in [0.3, 0.4) is 0 Å². The van der Waals surface area contributed by atoms with Crippen LogP contribution in [0.25, 0.3) is 0 Å². The standard InChI is InChI=1S/C12H16ClN3O2S/c13-11-4-10(5-15-12(11)14)19(17,18)16-6-8-2-1-3-9(8)7-16/h4-5,8-9H,1-3,6-7H2,(H2,14,15). The van der Waals surface area contributed by atoms with Gasteiger partial charge in [0.05, 0.1) is 5.02 Å². The van der Waals surface area contributed by atoms with Crippen LogP contribution in [-0.4, -0.2) is 30.8 Å². The average Bonchev–Trinajstić information content (AvgIpc) is 2.93. The number of nitrogen functional groups attached to an aromatic ring is 1. The Hall–Kier alpha value is -0.850. The van der Waals surface area contributed by atoms with Crippen molar-refractivity contribution in [1.29, 1.82) is 0 Å². The largest absolute Gasteiger partial charge is 0.382 e. The maximum Gasteiger partial charge on any atom is 0.244 e. The molecule has 2 aliphatic rings. The number of sulfonamides is 1. The van der Waals surface area contributed by atoms with Crippen LogP contribution in [0.2, 0.25) is 5.02 Å². The minimum atomic E-state index is -3.49. The average molecular weight is 302 g/mol. The molecule has 1 aromatic heterocycles. The quantitative estimate of drug-likeness (QED) is 0.902. The van der Waals surface area contributed by atoms with E-state index in [1.165, 1.54) is 18.7 Å². The molecule has 0 radical (unpaired) electrons. The zero-order chi connectivity index (χ0) is 13.6. The highest BCUT2D eigenvalue weighted by molar-refractivity contribution is 7.89. The Morgan fingerprint density at radius 2 is 1.95 bits per heavy atom. The van der Waals surface area contributed by atoms with Crippen molar-refractivity contribution in [2.75, 3.05) is 18.8 Å². The summed E-state index contributed by atoms with van der Waals surface area (Å²) in [7, 11) is -3.49. The molecule has 2 atom stereocenters. The molecule has 2 fully saturated rings. The van der Waals surface area contributed by atoms with Gasteiger partial charge >= 0.3 is 0 Å². The first-order valence-electron chi connectivity index (χ1n) is 6.39. The highest BCUT2D eigenvalue weighted by Gasteiger charge is 2.41. The molecular formula is C12H16ClN3O2S. The highest BCUT2D eigenvalue weighted by atomic mass is 35.5. The summed E-state index contributed by atoms with van der Waals surface area (Å²) in [5.41, 5.74) is 5.51. The topological polar surface area (TPSA) is 76.3 Å². The third kappa shape index (κ3) is 2.22. The summed E-state index contributed by atoms with van der Waals surface area (Å²) in [6, 6.07) is 1.38. The van der Waals surface area contributed by atoms with E-state index in [2.05, 4.69) is 4.98 Å². The van der Waals surface area contributed by atoms with Gasteiger partial charge in [-0.25, -0.2) is 13.4 Å². The zero-order valence-corrected chi connectivity index (χ0v) is 12.0. The van der Waals surface area contributed by atoms with Gasteiger partial charge < -0.3 is 5.73 Å². The Kier molecular flexibility index (Phi) is 3.19. The summed E-state index contributed by atoms with van der Waals surface area (Å²) in [6.07, 6.45) is 4.78. The van der Waals surface area contributed by atoms with Crippen LogP contribution in [-0.2, 0) is 10.0 Å². The monoisotopic (exact) mass is 301 g/mol. The van der Waals surface area contributed by atoms with E-state index in [9.17, 15) is 8.42 Å². The van der Waals surface area contributed by atoms with Crippen molar-refractivity contribution >= 4 is 27.4 Å². The summed E-state index contributed by atoms with van der Waals surface area (Å²) >= 11 is 5.85. The van der Waals surface area contributed by atoms with Crippen molar-refractivity contribution in [3.63, 3.8) is 0 Å². The van der Waals surface area contributed by atoms with E-state index in [1.54, 1.807) is 4.31 Å². The van der Waals surface area contributed by atoms with Gasteiger partial charge in [0.1, 0.15) is 10.7 Å². The molecule has 1 aliphatic heterocycles. The first-order chi connectivity index (χ1) is 8.98. The van der Waals surface area contributed by atoms with Gasteiger partial charge in [-0.05, 0) is 30.7 Å². The molecule has 7 heteroatoms. The number of nitrogens with zero attached hydrogens (tertiary/aromatic N) is 2. The summed E-state index contributed by atoms with van der Waals surface area (Å²) < 4.78 is 26.6. The molecule has 3 rings (SSSR count). The molecule has 1 aliphatic carbocycles. The number of hydrogen-bond acceptors (Lipinski definition) is 4. The highest BCUT2D eigenvalue weighted by Crippen LogP contribution is 2.39. The van der Waals surface area contributed by atoms with Gasteiger partial charge in [0.15, 0.2) is 0 Å². The summed E-state index contributed by atoms with van der Waals surface area (Å²) in [5, 5.41) is 0.181. The lowest BCUT2D eigenvalue weighted by Crippen LogP contribution is -2.29. The van der Waals surface area contributed by atoms with E-state index in [1.807, 2.05) is 0 Å². The van der Waals surface area contributed by atoms with E-state index in [0.717, 1.165) is 12.8 Å². The predicted molar refractivity (Wildman–Crippen MR) is 73.2 cm³/mol. The lowest BCUT2D eigenvalue weighted by Gasteiger charge is -2.17. The summed E-state index contributed by atoms with van der Waals surface area (Å²) in [5.74, 6) is 1.19. The summed E-state index contributed by atoms with van der Waals surface area (Å²) in [6.45, 7) is 1.24. The molecule has 19 heavy (non-hydrogen) atoms. The molecule has 104 valence electrons. The third-order valence-corrected chi connectivity index (χ3v) is 6.27. The Balaban J connectivity index is 1.88. The molecule has 0 amide bonds. The van der Waals surface area contributed by atoms with Crippen LogP contribution in [0.4, 0.5) is 5.82 Å². The second-order valence-corrected chi connectivity index (χ2v) is 7.66. The molecule has 1 saturated heterocycles. The molecule has 0 aromatic carbocycles. The Labute approximate surface area is 117 Å². The fraction of sp³-hybridized carbons (Fsp3) is 0.583. The van der Waals surface area contributed by atoms with Crippen molar-refractivity contribution < 1.29 is 8.42 Å². The fourth-order valence-corrected chi connectivity index (χ4v) is 4.87. The SMILES string of the molecule is Nc1ncc(S(=O)(=O)N2CC3CCCC3C2)cc1Cl. The number of rotatable bonds is 2. The normalized spacial score (nSPS) is 27.6. The Bertz CT molecular complexity index is 593. The number of pyridine rings is 1. The third-order valence-electron chi connectivity index (χ3n) is 4.18. The zero-order valence-electron chi connectivity index (χ0n) is 10.4. The van der Waals surface area contributed by atoms with Crippen molar-refractivity contribution in [3.8, 4) is 0 Å². The van der Waals surface area contributed by atoms with E-state index in [0.29, 0.717) is 24.9 Å². The number of hydrogen-bond donors (Lipinski definition) is 1. The van der Waals surface area contributed by atoms with Gasteiger partial charge in [-0.15, -0.1) is 0 Å². The van der Waals surface area contributed by atoms with Crippen LogP contribution in [0.5, 0.6) is 0 Å². The lowest BCUT2D eigenvalue weighted by atomic mass is 10.0. The van der Waals surface area contributed by atoms with Crippen molar-refractivity contribution in [2.45, 2.75) is 24.2 Å².